The molecule has 1 aromatic heterocycles. The lowest BCUT2D eigenvalue weighted by atomic mass is 10.2. The Bertz CT molecular complexity index is 1160. The van der Waals surface area contributed by atoms with Crippen LogP contribution in [-0.4, -0.2) is 26.0 Å². The smallest absolute Gasteiger partial charge is 0.261 e. The Balaban J connectivity index is 1.58. The Morgan fingerprint density at radius 3 is 2.50 bits per heavy atom. The fourth-order valence-corrected chi connectivity index (χ4v) is 3.91. The second-order valence-electron chi connectivity index (χ2n) is 6.68. The quantitative estimate of drug-likeness (QED) is 0.407. The van der Waals surface area contributed by atoms with Crippen molar-refractivity contribution in [2.45, 2.75) is 24.8 Å². The van der Waals surface area contributed by atoms with Gasteiger partial charge in [0.25, 0.3) is 5.91 Å². The number of carbonyl (C=O) groups excluding carboxylic acids is 1. The van der Waals surface area contributed by atoms with Gasteiger partial charge in [-0.1, -0.05) is 19.1 Å². The molecule has 0 aliphatic rings. The van der Waals surface area contributed by atoms with E-state index in [1.54, 1.807) is 48.5 Å². The van der Waals surface area contributed by atoms with Crippen LogP contribution in [-0.2, 0) is 16.6 Å². The third-order valence-electron chi connectivity index (χ3n) is 4.26. The lowest BCUT2D eigenvalue weighted by Gasteiger charge is -2.13. The molecule has 1 amide bonds. The van der Waals surface area contributed by atoms with Gasteiger partial charge in [-0.3, -0.25) is 10.1 Å². The summed E-state index contributed by atoms with van der Waals surface area (Å²) >= 11 is 5.21. The van der Waals surface area contributed by atoms with Crippen molar-refractivity contribution in [2.75, 3.05) is 11.9 Å². The van der Waals surface area contributed by atoms with Crippen molar-refractivity contribution in [3.63, 3.8) is 0 Å². The standard InChI is InChI=1S/C22H23N3O5S2/c1-2-13-30-20-8-4-3-7-19(20)21(26)25-22(31)24-16-9-11-18(12-10-16)32(27,28)23-15-17-6-5-14-29-17/h3-12,14,23H,2,13,15H2,1H3,(H2,24,25,26,31). The molecule has 3 rings (SSSR count). The van der Waals surface area contributed by atoms with Crippen LogP contribution in [0.15, 0.2) is 76.2 Å². The first-order valence-electron chi connectivity index (χ1n) is 9.85. The highest BCUT2D eigenvalue weighted by molar-refractivity contribution is 7.89. The molecule has 0 atom stereocenters. The van der Waals surface area contributed by atoms with Crippen molar-refractivity contribution in [3.8, 4) is 5.75 Å². The summed E-state index contributed by atoms with van der Waals surface area (Å²) in [5.74, 6) is 0.580. The molecule has 8 nitrogen and oxygen atoms in total. The van der Waals surface area contributed by atoms with Crippen LogP contribution in [0.5, 0.6) is 5.75 Å². The van der Waals surface area contributed by atoms with Gasteiger partial charge in [0.2, 0.25) is 10.0 Å². The number of amides is 1. The van der Waals surface area contributed by atoms with Crippen LogP contribution in [0.2, 0.25) is 0 Å². The van der Waals surface area contributed by atoms with E-state index >= 15 is 0 Å². The molecule has 168 valence electrons. The average Bonchev–Trinajstić information content (AvgIpc) is 3.31. The summed E-state index contributed by atoms with van der Waals surface area (Å²) in [6.07, 6.45) is 2.29. The summed E-state index contributed by atoms with van der Waals surface area (Å²) in [6, 6.07) is 16.2. The van der Waals surface area contributed by atoms with Crippen LogP contribution >= 0.6 is 12.2 Å². The highest BCUT2D eigenvalue weighted by atomic mass is 32.2. The molecule has 32 heavy (non-hydrogen) atoms. The molecule has 0 aliphatic carbocycles. The van der Waals surface area contributed by atoms with Gasteiger partial charge in [-0.2, -0.15) is 0 Å². The number of benzene rings is 2. The third kappa shape index (κ3) is 6.39. The molecule has 0 radical (unpaired) electrons. The minimum atomic E-state index is -3.70. The minimum Gasteiger partial charge on any atom is -0.493 e. The maximum atomic E-state index is 12.6. The number of rotatable bonds is 9. The molecule has 1 heterocycles. The first kappa shape index (κ1) is 23.5. The van der Waals surface area contributed by atoms with Crippen LogP contribution in [0.25, 0.3) is 0 Å². The molecule has 2 aromatic carbocycles. The predicted octanol–water partition coefficient (Wildman–Crippen LogP) is 3.67. The van der Waals surface area contributed by atoms with Gasteiger partial charge in [-0.15, -0.1) is 0 Å². The third-order valence-corrected chi connectivity index (χ3v) is 5.88. The second-order valence-corrected chi connectivity index (χ2v) is 8.86. The Hall–Kier alpha value is -3.21. The maximum absolute atomic E-state index is 12.6. The molecule has 0 unspecified atom stereocenters. The number of thiocarbonyl (C=S) groups is 1. The van der Waals surface area contributed by atoms with E-state index in [9.17, 15) is 13.2 Å². The second kappa shape index (κ2) is 10.9. The van der Waals surface area contributed by atoms with E-state index in [4.69, 9.17) is 21.4 Å². The Kier molecular flexibility index (Phi) is 7.98. The molecule has 0 spiro atoms. The molecule has 3 N–H and O–H groups in total. The average molecular weight is 474 g/mol. The number of para-hydroxylation sites is 1. The number of carbonyl (C=O) groups is 1. The zero-order chi connectivity index (χ0) is 23.0. The largest absolute Gasteiger partial charge is 0.493 e. The maximum Gasteiger partial charge on any atom is 0.261 e. The summed E-state index contributed by atoms with van der Waals surface area (Å²) in [4.78, 5) is 12.7. The van der Waals surface area contributed by atoms with E-state index in [1.165, 1.54) is 18.4 Å². The number of hydrogen-bond acceptors (Lipinski definition) is 6. The van der Waals surface area contributed by atoms with Gasteiger partial charge < -0.3 is 14.5 Å². The van der Waals surface area contributed by atoms with Gasteiger partial charge in [-0.25, -0.2) is 13.1 Å². The summed E-state index contributed by atoms with van der Waals surface area (Å²) in [5, 5.41) is 5.55. The van der Waals surface area contributed by atoms with Crippen molar-refractivity contribution >= 4 is 38.9 Å². The van der Waals surface area contributed by atoms with Crippen LogP contribution in [0.4, 0.5) is 5.69 Å². The zero-order valence-electron chi connectivity index (χ0n) is 17.3. The van der Waals surface area contributed by atoms with Crippen molar-refractivity contribution < 1.29 is 22.4 Å². The van der Waals surface area contributed by atoms with Gasteiger partial charge in [0.1, 0.15) is 11.5 Å². The van der Waals surface area contributed by atoms with Crippen LogP contribution in [0.3, 0.4) is 0 Å². The first-order chi connectivity index (χ1) is 15.4. The molecule has 0 saturated heterocycles. The van der Waals surface area contributed by atoms with E-state index < -0.39 is 15.9 Å². The number of nitrogens with one attached hydrogen (secondary N) is 3. The molecule has 3 aromatic rings. The molecular weight excluding hydrogens is 450 g/mol. The Labute approximate surface area is 192 Å². The van der Waals surface area contributed by atoms with Gasteiger partial charge in [0.15, 0.2) is 5.11 Å². The normalized spacial score (nSPS) is 11.0. The number of hydrogen-bond donors (Lipinski definition) is 3. The van der Waals surface area contributed by atoms with E-state index in [2.05, 4.69) is 15.4 Å². The number of furan rings is 1. The summed E-state index contributed by atoms with van der Waals surface area (Å²) in [5.41, 5.74) is 0.893. The zero-order valence-corrected chi connectivity index (χ0v) is 19.0. The number of sulfonamides is 1. The van der Waals surface area contributed by atoms with Crippen LogP contribution < -0.4 is 20.1 Å². The van der Waals surface area contributed by atoms with Gasteiger partial charge in [0, 0.05) is 5.69 Å². The molecule has 0 fully saturated rings. The number of anilines is 1. The SMILES string of the molecule is CCCOc1ccccc1C(=O)NC(=S)Nc1ccc(S(=O)(=O)NCc2ccco2)cc1. The topological polar surface area (TPSA) is 110 Å². The molecule has 10 heteroatoms. The van der Waals surface area contributed by atoms with Gasteiger partial charge in [0.05, 0.1) is 29.9 Å². The Morgan fingerprint density at radius 1 is 1.06 bits per heavy atom. The molecule has 0 aliphatic heterocycles. The highest BCUT2D eigenvalue weighted by Crippen LogP contribution is 2.18. The molecule has 0 bridgehead atoms. The highest BCUT2D eigenvalue weighted by Gasteiger charge is 2.16. The lowest BCUT2D eigenvalue weighted by molar-refractivity contribution is 0.0973. The molecular formula is C22H23N3O5S2. The predicted molar refractivity (Wildman–Crippen MR) is 125 cm³/mol. The van der Waals surface area contributed by atoms with Crippen LogP contribution in [0, 0.1) is 0 Å². The Morgan fingerprint density at radius 2 is 1.81 bits per heavy atom. The van der Waals surface area contributed by atoms with Crippen molar-refractivity contribution in [2.24, 2.45) is 0 Å². The fourth-order valence-electron chi connectivity index (χ4n) is 2.70. The van der Waals surface area contributed by atoms with Crippen molar-refractivity contribution in [3.05, 3.63) is 78.3 Å². The van der Waals surface area contributed by atoms with Crippen molar-refractivity contribution in [1.82, 2.24) is 10.0 Å². The molecule has 0 saturated carbocycles. The van der Waals surface area contributed by atoms with E-state index in [1.807, 2.05) is 6.92 Å². The summed E-state index contributed by atoms with van der Waals surface area (Å²) in [7, 11) is -3.70. The fraction of sp³-hybridized carbons (Fsp3) is 0.182. The van der Waals surface area contributed by atoms with Gasteiger partial charge >= 0.3 is 0 Å². The summed E-state index contributed by atoms with van der Waals surface area (Å²) in [6.45, 7) is 2.53. The van der Waals surface area contributed by atoms with Crippen molar-refractivity contribution in [1.29, 1.82) is 0 Å². The van der Waals surface area contributed by atoms with E-state index in [-0.39, 0.29) is 16.6 Å². The van der Waals surface area contributed by atoms with E-state index in [0.717, 1.165) is 6.42 Å². The van der Waals surface area contributed by atoms with Gasteiger partial charge in [-0.05, 0) is 67.2 Å². The minimum absolute atomic E-state index is 0.0505. The number of ether oxygens (including phenoxy) is 1. The monoisotopic (exact) mass is 473 g/mol. The summed E-state index contributed by atoms with van der Waals surface area (Å²) < 4.78 is 38.0. The van der Waals surface area contributed by atoms with Crippen LogP contribution in [0.1, 0.15) is 29.5 Å². The first-order valence-corrected chi connectivity index (χ1v) is 11.7. The lowest BCUT2D eigenvalue weighted by Crippen LogP contribution is -2.34. The van der Waals surface area contributed by atoms with E-state index in [0.29, 0.717) is 29.4 Å².